The molecule has 2 aliphatic rings. The Bertz CT molecular complexity index is 895. The summed E-state index contributed by atoms with van der Waals surface area (Å²) in [7, 11) is 0. The van der Waals surface area contributed by atoms with Crippen molar-refractivity contribution in [2.24, 2.45) is 10.2 Å². The van der Waals surface area contributed by atoms with E-state index in [9.17, 15) is 0 Å². The van der Waals surface area contributed by atoms with Gasteiger partial charge in [0.05, 0.1) is 25.6 Å². The van der Waals surface area contributed by atoms with Crippen LogP contribution in [-0.4, -0.2) is 48.6 Å². The minimum atomic E-state index is 0.770. The lowest BCUT2D eigenvalue weighted by atomic mass is 10.1. The number of pyridine rings is 1. The van der Waals surface area contributed by atoms with E-state index in [1.807, 2.05) is 24.4 Å². The van der Waals surface area contributed by atoms with Crippen molar-refractivity contribution in [2.75, 3.05) is 26.3 Å². The molecule has 1 saturated heterocycles. The highest BCUT2D eigenvalue weighted by Crippen LogP contribution is 2.35. The topological polar surface area (TPSA) is 50.1 Å². The normalized spacial score (nSPS) is 19.4. The highest BCUT2D eigenvalue weighted by Gasteiger charge is 2.25. The summed E-state index contributed by atoms with van der Waals surface area (Å²) >= 11 is 0. The molecule has 1 aromatic heterocycles. The van der Waals surface area contributed by atoms with Crippen LogP contribution < -0.4 is 0 Å². The van der Waals surface area contributed by atoms with Crippen LogP contribution in [0.4, 0.5) is 0 Å². The van der Waals surface area contributed by atoms with Gasteiger partial charge in [-0.3, -0.25) is 4.98 Å². The number of morpholine rings is 1. The van der Waals surface area contributed by atoms with E-state index < -0.39 is 0 Å². The second-order valence-electron chi connectivity index (χ2n) is 6.83. The molecular formula is C23H24N4O. The first-order valence-corrected chi connectivity index (χ1v) is 9.68. The Labute approximate surface area is 165 Å². The first-order valence-electron chi connectivity index (χ1n) is 9.68. The molecule has 1 aliphatic heterocycles. The second-order valence-corrected chi connectivity index (χ2v) is 6.83. The smallest absolute Gasteiger partial charge is 0.0642 e. The quantitative estimate of drug-likeness (QED) is 0.590. The summed E-state index contributed by atoms with van der Waals surface area (Å²) in [6, 6.07) is 14.3. The van der Waals surface area contributed by atoms with Crippen molar-refractivity contribution in [1.82, 2.24) is 9.88 Å². The Morgan fingerprint density at radius 1 is 0.893 bits per heavy atom. The van der Waals surface area contributed by atoms with Crippen LogP contribution in [-0.2, 0) is 4.74 Å². The molecule has 28 heavy (non-hydrogen) atoms. The van der Waals surface area contributed by atoms with Gasteiger partial charge in [-0.1, -0.05) is 36.4 Å². The second kappa shape index (κ2) is 9.24. The molecule has 0 amide bonds. The van der Waals surface area contributed by atoms with Crippen molar-refractivity contribution < 1.29 is 4.74 Å². The van der Waals surface area contributed by atoms with E-state index in [0.717, 1.165) is 44.7 Å². The predicted octanol–water partition coefficient (Wildman–Crippen LogP) is 3.95. The van der Waals surface area contributed by atoms with Crippen LogP contribution in [0, 0.1) is 0 Å². The SMILES string of the molecule is C(=N/N=C/C1=C(N2CCOCC2)C(=C/c2ccccc2)/CC1)/c1cccnc1. The van der Waals surface area contributed by atoms with E-state index in [1.165, 1.54) is 22.4 Å². The van der Waals surface area contributed by atoms with Crippen molar-refractivity contribution in [1.29, 1.82) is 0 Å². The molecule has 0 spiro atoms. The molecule has 0 atom stereocenters. The molecule has 2 heterocycles. The van der Waals surface area contributed by atoms with Gasteiger partial charge in [0, 0.05) is 36.7 Å². The molecule has 1 fully saturated rings. The van der Waals surface area contributed by atoms with Gasteiger partial charge in [0.25, 0.3) is 0 Å². The van der Waals surface area contributed by atoms with Crippen LogP contribution >= 0.6 is 0 Å². The zero-order chi connectivity index (χ0) is 19.0. The van der Waals surface area contributed by atoms with Crippen LogP contribution in [0.15, 0.2) is 81.9 Å². The highest BCUT2D eigenvalue weighted by atomic mass is 16.5. The average molecular weight is 372 g/mol. The third-order valence-electron chi connectivity index (χ3n) is 4.91. The number of hydrogen-bond acceptors (Lipinski definition) is 5. The van der Waals surface area contributed by atoms with E-state index in [2.05, 4.69) is 50.4 Å². The number of benzene rings is 1. The van der Waals surface area contributed by atoms with E-state index in [0.29, 0.717) is 0 Å². The lowest BCUT2D eigenvalue weighted by molar-refractivity contribution is 0.0548. The van der Waals surface area contributed by atoms with Gasteiger partial charge in [0.15, 0.2) is 0 Å². The molecule has 0 saturated carbocycles. The van der Waals surface area contributed by atoms with Gasteiger partial charge >= 0.3 is 0 Å². The lowest BCUT2D eigenvalue weighted by Gasteiger charge is -2.31. The molecule has 5 nitrogen and oxygen atoms in total. The van der Waals surface area contributed by atoms with Crippen molar-refractivity contribution in [3.63, 3.8) is 0 Å². The lowest BCUT2D eigenvalue weighted by Crippen LogP contribution is -2.36. The number of nitrogens with zero attached hydrogens (tertiary/aromatic N) is 4. The molecule has 1 aliphatic carbocycles. The number of aromatic nitrogens is 1. The van der Waals surface area contributed by atoms with Gasteiger partial charge in [0.1, 0.15) is 0 Å². The third-order valence-corrected chi connectivity index (χ3v) is 4.91. The van der Waals surface area contributed by atoms with Crippen molar-refractivity contribution in [3.8, 4) is 0 Å². The maximum absolute atomic E-state index is 5.55. The molecule has 0 unspecified atom stereocenters. The monoisotopic (exact) mass is 372 g/mol. The minimum Gasteiger partial charge on any atom is -0.378 e. The standard InChI is InChI=1S/C23H24N4O/c1-2-5-19(6-3-1)15-21-8-9-22(23(21)27-11-13-28-14-12-27)18-26-25-17-20-7-4-10-24-16-20/h1-7,10,15-18H,8-9,11-14H2/b21-15+,25-17-,26-18+. The summed E-state index contributed by atoms with van der Waals surface area (Å²) in [5.41, 5.74) is 6.08. The summed E-state index contributed by atoms with van der Waals surface area (Å²) < 4.78 is 5.55. The van der Waals surface area contributed by atoms with Crippen LogP contribution in [0.5, 0.6) is 0 Å². The summed E-state index contributed by atoms with van der Waals surface area (Å²) in [5, 5.41) is 8.51. The Morgan fingerprint density at radius 2 is 1.68 bits per heavy atom. The van der Waals surface area contributed by atoms with Crippen LogP contribution in [0.25, 0.3) is 6.08 Å². The average Bonchev–Trinajstić information content (AvgIpc) is 3.15. The maximum Gasteiger partial charge on any atom is 0.0642 e. The zero-order valence-electron chi connectivity index (χ0n) is 15.9. The fourth-order valence-corrected chi connectivity index (χ4v) is 3.58. The van der Waals surface area contributed by atoms with Gasteiger partial charge in [-0.15, -0.1) is 0 Å². The highest BCUT2D eigenvalue weighted by molar-refractivity contribution is 5.85. The fraction of sp³-hybridized carbons (Fsp3) is 0.261. The van der Waals surface area contributed by atoms with Crippen molar-refractivity contribution >= 4 is 18.5 Å². The molecule has 4 rings (SSSR count). The Morgan fingerprint density at radius 3 is 2.46 bits per heavy atom. The Balaban J connectivity index is 1.59. The van der Waals surface area contributed by atoms with E-state index >= 15 is 0 Å². The molecule has 142 valence electrons. The van der Waals surface area contributed by atoms with Crippen molar-refractivity contribution in [2.45, 2.75) is 12.8 Å². The molecule has 0 radical (unpaired) electrons. The number of allylic oxidation sites excluding steroid dienone is 2. The summed E-state index contributed by atoms with van der Waals surface area (Å²) in [6.45, 7) is 3.37. The predicted molar refractivity (Wildman–Crippen MR) is 113 cm³/mol. The van der Waals surface area contributed by atoms with Gasteiger partial charge in [-0.25, -0.2) is 0 Å². The van der Waals surface area contributed by atoms with Crippen LogP contribution in [0.3, 0.4) is 0 Å². The first-order chi connectivity index (χ1) is 13.9. The van der Waals surface area contributed by atoms with Gasteiger partial charge < -0.3 is 9.64 Å². The number of ether oxygens (including phenoxy) is 1. The molecule has 2 aromatic rings. The molecular weight excluding hydrogens is 348 g/mol. The van der Waals surface area contributed by atoms with Gasteiger partial charge in [-0.2, -0.15) is 10.2 Å². The van der Waals surface area contributed by atoms with Crippen LogP contribution in [0.1, 0.15) is 24.0 Å². The van der Waals surface area contributed by atoms with E-state index in [-0.39, 0.29) is 0 Å². The molecule has 1 aromatic carbocycles. The van der Waals surface area contributed by atoms with E-state index in [1.54, 1.807) is 18.6 Å². The number of hydrogen-bond donors (Lipinski definition) is 0. The first kappa shape index (κ1) is 18.3. The van der Waals surface area contributed by atoms with Gasteiger partial charge in [-0.05, 0) is 41.7 Å². The zero-order valence-corrected chi connectivity index (χ0v) is 15.9. The number of rotatable bonds is 5. The Hall–Kier alpha value is -3.05. The largest absolute Gasteiger partial charge is 0.378 e. The van der Waals surface area contributed by atoms with Gasteiger partial charge in [0.2, 0.25) is 0 Å². The molecule has 0 bridgehead atoms. The maximum atomic E-state index is 5.55. The summed E-state index contributed by atoms with van der Waals surface area (Å²) in [6.07, 6.45) is 11.5. The Kier molecular flexibility index (Phi) is 6.05. The molecule has 5 heteroatoms. The minimum absolute atomic E-state index is 0.770. The summed E-state index contributed by atoms with van der Waals surface area (Å²) in [5.74, 6) is 0. The summed E-state index contributed by atoms with van der Waals surface area (Å²) in [4.78, 5) is 6.51. The van der Waals surface area contributed by atoms with E-state index in [4.69, 9.17) is 4.74 Å². The fourth-order valence-electron chi connectivity index (χ4n) is 3.58. The van der Waals surface area contributed by atoms with Crippen LogP contribution in [0.2, 0.25) is 0 Å². The van der Waals surface area contributed by atoms with Crippen molar-refractivity contribution in [3.05, 3.63) is 82.8 Å². The third kappa shape index (κ3) is 4.61. The molecule has 0 N–H and O–H groups in total.